The van der Waals surface area contributed by atoms with Crippen molar-refractivity contribution in [1.29, 1.82) is 0 Å². The van der Waals surface area contributed by atoms with Crippen LogP contribution in [0.3, 0.4) is 0 Å². The lowest BCUT2D eigenvalue weighted by Gasteiger charge is -2.17. The molecule has 1 amide bonds. The van der Waals surface area contributed by atoms with Crippen molar-refractivity contribution in [1.82, 2.24) is 4.72 Å². The summed E-state index contributed by atoms with van der Waals surface area (Å²) in [5.41, 5.74) is 1.88. The van der Waals surface area contributed by atoms with Crippen molar-refractivity contribution in [2.45, 2.75) is 24.3 Å². The average molecular weight is 365 g/mol. The number of nitrogens with zero attached hydrogens (tertiary/aromatic N) is 1. The van der Waals surface area contributed by atoms with Gasteiger partial charge in [0.25, 0.3) is 0 Å². The number of carbonyl (C=O) groups excluding carboxylic acids is 1. The first-order valence-corrected chi connectivity index (χ1v) is 9.39. The van der Waals surface area contributed by atoms with Crippen molar-refractivity contribution in [2.24, 2.45) is 0 Å². The highest BCUT2D eigenvalue weighted by Crippen LogP contribution is 2.23. The maximum atomic E-state index is 12.5. The van der Waals surface area contributed by atoms with Gasteiger partial charge in [-0.1, -0.05) is 29.3 Å². The molecule has 126 valence electrons. The van der Waals surface area contributed by atoms with E-state index in [2.05, 4.69) is 4.72 Å². The molecule has 1 heterocycles. The largest absolute Gasteiger partial charge is 0.311 e. The van der Waals surface area contributed by atoms with Crippen LogP contribution in [0.15, 0.2) is 53.4 Å². The molecule has 0 aromatic heterocycles. The van der Waals surface area contributed by atoms with E-state index in [0.717, 1.165) is 11.3 Å². The number of benzene rings is 2. The summed E-state index contributed by atoms with van der Waals surface area (Å²) in [5.74, 6) is -0.239. The molecule has 1 fully saturated rings. The smallest absolute Gasteiger partial charge is 0.245 e. The van der Waals surface area contributed by atoms with E-state index in [1.807, 2.05) is 31.2 Å². The van der Waals surface area contributed by atoms with Crippen molar-refractivity contribution < 1.29 is 13.2 Å². The molecule has 2 aromatic carbocycles. The molecule has 1 aliphatic rings. The second-order valence-electron chi connectivity index (χ2n) is 5.74. The van der Waals surface area contributed by atoms with Crippen LogP contribution in [-0.4, -0.2) is 26.9 Å². The molecular formula is C17H17ClN2O3S. The molecule has 2 aromatic rings. The molecule has 0 bridgehead atoms. The van der Waals surface area contributed by atoms with Crippen molar-refractivity contribution in [3.63, 3.8) is 0 Å². The van der Waals surface area contributed by atoms with Gasteiger partial charge < -0.3 is 4.90 Å². The molecular weight excluding hydrogens is 348 g/mol. The highest BCUT2D eigenvalue weighted by Gasteiger charge is 2.35. The minimum Gasteiger partial charge on any atom is -0.311 e. The zero-order chi connectivity index (χ0) is 17.3. The van der Waals surface area contributed by atoms with Gasteiger partial charge in [0.1, 0.15) is 6.04 Å². The van der Waals surface area contributed by atoms with E-state index < -0.39 is 16.1 Å². The standard InChI is InChI=1S/C17H17ClN2O3S/c1-12-2-6-14(7-3-12)20-11-10-16(17(20)21)19-24(22,23)15-8-4-13(18)5-9-15/h2-9,16,19H,10-11H2,1H3/t16-/m0/s1. The van der Waals surface area contributed by atoms with Crippen LogP contribution in [0.2, 0.25) is 5.02 Å². The summed E-state index contributed by atoms with van der Waals surface area (Å²) in [7, 11) is -3.76. The third-order valence-electron chi connectivity index (χ3n) is 3.97. The van der Waals surface area contributed by atoms with Crippen LogP contribution in [0.1, 0.15) is 12.0 Å². The van der Waals surface area contributed by atoms with Gasteiger partial charge >= 0.3 is 0 Å². The van der Waals surface area contributed by atoms with E-state index in [1.165, 1.54) is 24.3 Å². The second-order valence-corrected chi connectivity index (χ2v) is 7.89. The molecule has 0 saturated carbocycles. The van der Waals surface area contributed by atoms with Crippen LogP contribution in [0.4, 0.5) is 5.69 Å². The number of amides is 1. The van der Waals surface area contributed by atoms with Gasteiger partial charge in [0.15, 0.2) is 0 Å². The lowest BCUT2D eigenvalue weighted by molar-refractivity contribution is -0.118. The van der Waals surface area contributed by atoms with Gasteiger partial charge in [0.2, 0.25) is 15.9 Å². The molecule has 3 rings (SSSR count). The van der Waals surface area contributed by atoms with Gasteiger partial charge in [-0.25, -0.2) is 8.42 Å². The lowest BCUT2D eigenvalue weighted by atomic mass is 10.2. The first-order valence-electron chi connectivity index (χ1n) is 7.53. The Morgan fingerprint density at radius 1 is 1.08 bits per heavy atom. The SMILES string of the molecule is Cc1ccc(N2CC[C@H](NS(=O)(=O)c3ccc(Cl)cc3)C2=O)cc1. The molecule has 0 unspecified atom stereocenters. The first kappa shape index (κ1) is 17.0. The first-order chi connectivity index (χ1) is 11.4. The monoisotopic (exact) mass is 364 g/mol. The molecule has 24 heavy (non-hydrogen) atoms. The Labute approximate surface area is 146 Å². The molecule has 1 N–H and O–H groups in total. The Kier molecular flexibility index (Phi) is 4.62. The van der Waals surface area contributed by atoms with Crippen molar-refractivity contribution in [3.05, 3.63) is 59.1 Å². The fourth-order valence-corrected chi connectivity index (χ4v) is 3.99. The van der Waals surface area contributed by atoms with Gasteiger partial charge in [-0.3, -0.25) is 4.79 Å². The molecule has 0 spiro atoms. The Morgan fingerprint density at radius 3 is 2.33 bits per heavy atom. The fraction of sp³-hybridized carbons (Fsp3) is 0.235. The van der Waals surface area contributed by atoms with Crippen LogP contribution in [0.5, 0.6) is 0 Å². The zero-order valence-electron chi connectivity index (χ0n) is 13.1. The average Bonchev–Trinajstić information content (AvgIpc) is 2.89. The molecule has 7 heteroatoms. The summed E-state index contributed by atoms with van der Waals surface area (Å²) < 4.78 is 27.3. The van der Waals surface area contributed by atoms with E-state index >= 15 is 0 Å². The number of anilines is 1. The number of hydrogen-bond donors (Lipinski definition) is 1. The summed E-state index contributed by atoms with van der Waals surface area (Å²) in [5, 5.41) is 0.455. The quantitative estimate of drug-likeness (QED) is 0.907. The minimum absolute atomic E-state index is 0.0912. The molecule has 1 atom stereocenters. The van der Waals surface area contributed by atoms with E-state index in [1.54, 1.807) is 4.90 Å². The molecule has 0 radical (unpaired) electrons. The molecule has 1 aliphatic heterocycles. The maximum Gasteiger partial charge on any atom is 0.245 e. The van der Waals surface area contributed by atoms with E-state index in [4.69, 9.17) is 11.6 Å². The summed E-state index contributed by atoms with van der Waals surface area (Å²) in [6.07, 6.45) is 0.430. The normalized spacial score (nSPS) is 18.2. The predicted molar refractivity (Wildman–Crippen MR) is 93.7 cm³/mol. The summed E-state index contributed by atoms with van der Waals surface area (Å²) in [6.45, 7) is 2.45. The minimum atomic E-state index is -3.76. The molecule has 5 nitrogen and oxygen atoms in total. The number of hydrogen-bond acceptors (Lipinski definition) is 3. The Balaban J connectivity index is 1.76. The summed E-state index contributed by atoms with van der Waals surface area (Å²) >= 11 is 5.78. The Bertz CT molecular complexity index is 848. The Morgan fingerprint density at radius 2 is 1.71 bits per heavy atom. The fourth-order valence-electron chi connectivity index (χ4n) is 2.64. The van der Waals surface area contributed by atoms with Crippen molar-refractivity contribution >= 4 is 33.2 Å². The molecule has 1 saturated heterocycles. The zero-order valence-corrected chi connectivity index (χ0v) is 14.6. The highest BCUT2D eigenvalue weighted by atomic mass is 35.5. The van der Waals surface area contributed by atoms with Gasteiger partial charge in [-0.05, 0) is 49.7 Å². The number of rotatable bonds is 4. The number of halogens is 1. The van der Waals surface area contributed by atoms with E-state index in [0.29, 0.717) is 18.0 Å². The number of sulfonamides is 1. The van der Waals surface area contributed by atoms with Gasteiger partial charge in [0.05, 0.1) is 4.90 Å². The van der Waals surface area contributed by atoms with E-state index in [-0.39, 0.29) is 10.8 Å². The van der Waals surface area contributed by atoms with Crippen molar-refractivity contribution in [3.8, 4) is 0 Å². The number of carbonyl (C=O) groups is 1. The highest BCUT2D eigenvalue weighted by molar-refractivity contribution is 7.89. The van der Waals surface area contributed by atoms with Gasteiger partial charge in [-0.15, -0.1) is 0 Å². The third kappa shape index (κ3) is 3.45. The van der Waals surface area contributed by atoms with Crippen molar-refractivity contribution in [2.75, 3.05) is 11.4 Å². The number of nitrogens with one attached hydrogen (secondary N) is 1. The van der Waals surface area contributed by atoms with Crippen LogP contribution in [-0.2, 0) is 14.8 Å². The lowest BCUT2D eigenvalue weighted by Crippen LogP contribution is -2.41. The summed E-state index contributed by atoms with van der Waals surface area (Å²) in [4.78, 5) is 14.2. The van der Waals surface area contributed by atoms with Crippen LogP contribution < -0.4 is 9.62 Å². The van der Waals surface area contributed by atoms with Gasteiger partial charge in [-0.2, -0.15) is 4.72 Å². The van der Waals surface area contributed by atoms with E-state index in [9.17, 15) is 13.2 Å². The van der Waals surface area contributed by atoms with Crippen LogP contribution in [0.25, 0.3) is 0 Å². The van der Waals surface area contributed by atoms with Crippen LogP contribution >= 0.6 is 11.6 Å². The van der Waals surface area contributed by atoms with Gasteiger partial charge in [0, 0.05) is 17.3 Å². The Hall–Kier alpha value is -1.89. The van der Waals surface area contributed by atoms with Crippen LogP contribution in [0, 0.1) is 6.92 Å². The predicted octanol–water partition coefficient (Wildman–Crippen LogP) is 2.73. The second kappa shape index (κ2) is 6.55. The molecule has 0 aliphatic carbocycles. The number of aryl methyl sites for hydroxylation is 1. The maximum absolute atomic E-state index is 12.5. The third-order valence-corrected chi connectivity index (χ3v) is 5.71. The topological polar surface area (TPSA) is 66.5 Å². The summed E-state index contributed by atoms with van der Waals surface area (Å²) in [6, 6.07) is 12.7.